The average Bonchev–Trinajstić information content (AvgIpc) is 2.44. The van der Waals surface area contributed by atoms with Crippen molar-refractivity contribution < 1.29 is 19.8 Å². The predicted molar refractivity (Wildman–Crippen MR) is 93.1 cm³/mol. The summed E-state index contributed by atoms with van der Waals surface area (Å²) in [4.78, 5) is 25.9. The van der Waals surface area contributed by atoms with Gasteiger partial charge in [0.2, 0.25) is 11.8 Å². The fourth-order valence-electron chi connectivity index (χ4n) is 2.54. The van der Waals surface area contributed by atoms with E-state index in [1.807, 2.05) is 9.80 Å². The molecule has 24 heavy (non-hydrogen) atoms. The molecule has 0 heterocycles. The van der Waals surface area contributed by atoms with Gasteiger partial charge in [0.25, 0.3) is 0 Å². The number of carbonyl (C=O) groups is 2. The molecule has 0 aliphatic carbocycles. The second kappa shape index (κ2) is 13.1. The van der Waals surface area contributed by atoms with Gasteiger partial charge >= 0.3 is 0 Å². The highest BCUT2D eigenvalue weighted by Crippen LogP contribution is 2.03. The van der Waals surface area contributed by atoms with Crippen LogP contribution in [0.25, 0.3) is 0 Å². The molecule has 0 radical (unpaired) electrons. The van der Waals surface area contributed by atoms with Gasteiger partial charge in [-0.3, -0.25) is 9.59 Å². The van der Waals surface area contributed by atoms with Gasteiger partial charge in [0.1, 0.15) is 0 Å². The first-order chi connectivity index (χ1) is 11.2. The van der Waals surface area contributed by atoms with Crippen molar-refractivity contribution in [3.63, 3.8) is 0 Å². The van der Waals surface area contributed by atoms with Crippen molar-refractivity contribution in [2.75, 3.05) is 39.3 Å². The van der Waals surface area contributed by atoms with E-state index < -0.39 is 12.2 Å². The van der Waals surface area contributed by atoms with Crippen molar-refractivity contribution >= 4 is 11.8 Å². The summed E-state index contributed by atoms with van der Waals surface area (Å²) in [6, 6.07) is 0. The lowest BCUT2D eigenvalue weighted by atomic mass is 10.2. The quantitative estimate of drug-likeness (QED) is 0.278. The van der Waals surface area contributed by atoms with Crippen molar-refractivity contribution in [3.05, 3.63) is 0 Å². The van der Waals surface area contributed by atoms with Gasteiger partial charge in [-0.25, -0.2) is 0 Å². The lowest BCUT2D eigenvalue weighted by Crippen LogP contribution is -2.36. The van der Waals surface area contributed by atoms with Crippen LogP contribution in [0.5, 0.6) is 0 Å². The normalized spacial score (nSPS) is 14.1. The largest absolute Gasteiger partial charge is 0.392 e. The SMILES string of the molecule is CC(O)CN(CCCCN(CCC(N)=O)CC(C)O)CCC(N)=O. The Labute approximate surface area is 144 Å². The lowest BCUT2D eigenvalue weighted by molar-refractivity contribution is -0.119. The third-order valence-corrected chi connectivity index (χ3v) is 3.59. The zero-order valence-electron chi connectivity index (χ0n) is 15.0. The van der Waals surface area contributed by atoms with Gasteiger partial charge in [-0.1, -0.05) is 0 Å². The van der Waals surface area contributed by atoms with Crippen molar-refractivity contribution in [1.82, 2.24) is 9.80 Å². The maximum Gasteiger partial charge on any atom is 0.218 e. The Balaban J connectivity index is 4.18. The Bertz CT molecular complexity index is 330. The Morgan fingerprint density at radius 2 is 1.12 bits per heavy atom. The minimum absolute atomic E-state index is 0.277. The molecule has 0 rings (SSSR count). The fraction of sp³-hybridized carbons (Fsp3) is 0.875. The molecule has 8 nitrogen and oxygen atoms in total. The summed E-state index contributed by atoms with van der Waals surface area (Å²) < 4.78 is 0. The number of hydrogen-bond donors (Lipinski definition) is 4. The monoisotopic (exact) mass is 346 g/mol. The standard InChI is InChI=1S/C16H34N4O4/c1-13(21)11-19(9-5-15(17)23)7-3-4-8-20(12-14(2)22)10-6-16(18)24/h13-14,21-22H,3-12H2,1-2H3,(H2,17,23)(H2,18,24). The molecule has 0 aliphatic heterocycles. The minimum Gasteiger partial charge on any atom is -0.392 e. The first kappa shape index (κ1) is 22.8. The lowest BCUT2D eigenvalue weighted by Gasteiger charge is -2.25. The van der Waals surface area contributed by atoms with Gasteiger partial charge < -0.3 is 31.5 Å². The summed E-state index contributed by atoms with van der Waals surface area (Å²) in [7, 11) is 0. The molecule has 0 saturated carbocycles. The summed E-state index contributed by atoms with van der Waals surface area (Å²) in [5.41, 5.74) is 10.3. The van der Waals surface area contributed by atoms with Crippen LogP contribution in [-0.2, 0) is 9.59 Å². The maximum absolute atomic E-state index is 10.9. The van der Waals surface area contributed by atoms with Crippen LogP contribution in [0.15, 0.2) is 0 Å². The second-order valence-corrected chi connectivity index (χ2v) is 6.44. The molecular weight excluding hydrogens is 312 g/mol. The Kier molecular flexibility index (Phi) is 12.4. The van der Waals surface area contributed by atoms with Crippen LogP contribution in [0, 0.1) is 0 Å². The Morgan fingerprint density at radius 1 is 0.792 bits per heavy atom. The van der Waals surface area contributed by atoms with E-state index in [9.17, 15) is 19.8 Å². The molecule has 0 aromatic rings. The summed E-state index contributed by atoms with van der Waals surface area (Å²) in [6.07, 6.45) is 1.41. The van der Waals surface area contributed by atoms with Crippen LogP contribution in [0.1, 0.15) is 39.5 Å². The Morgan fingerprint density at radius 3 is 1.38 bits per heavy atom. The van der Waals surface area contributed by atoms with Crippen LogP contribution < -0.4 is 11.5 Å². The van der Waals surface area contributed by atoms with E-state index >= 15 is 0 Å². The second-order valence-electron chi connectivity index (χ2n) is 6.44. The molecule has 0 saturated heterocycles. The number of amides is 2. The van der Waals surface area contributed by atoms with Crippen molar-refractivity contribution in [2.45, 2.75) is 51.7 Å². The molecule has 0 spiro atoms. The number of hydrogen-bond acceptors (Lipinski definition) is 6. The van der Waals surface area contributed by atoms with E-state index in [-0.39, 0.29) is 24.7 Å². The van der Waals surface area contributed by atoms with E-state index in [4.69, 9.17) is 11.5 Å². The molecule has 2 atom stereocenters. The van der Waals surface area contributed by atoms with E-state index in [1.165, 1.54) is 0 Å². The highest BCUT2D eigenvalue weighted by atomic mass is 16.3. The van der Waals surface area contributed by atoms with Gasteiger partial charge in [0.05, 0.1) is 12.2 Å². The summed E-state index contributed by atoms with van der Waals surface area (Å²) in [5.74, 6) is -0.694. The smallest absolute Gasteiger partial charge is 0.218 e. The van der Waals surface area contributed by atoms with Crippen LogP contribution in [0.2, 0.25) is 0 Å². The number of nitrogens with two attached hydrogens (primary N) is 2. The number of unbranched alkanes of at least 4 members (excludes halogenated alkanes) is 1. The molecule has 6 N–H and O–H groups in total. The van der Waals surface area contributed by atoms with E-state index in [0.29, 0.717) is 26.2 Å². The van der Waals surface area contributed by atoms with Gasteiger partial charge in [0.15, 0.2) is 0 Å². The molecule has 0 bridgehead atoms. The summed E-state index contributed by atoms with van der Waals surface area (Å²) in [6.45, 7) is 7.04. The molecule has 2 unspecified atom stereocenters. The number of aliphatic hydroxyl groups is 2. The van der Waals surface area contributed by atoms with E-state index in [1.54, 1.807) is 13.8 Å². The zero-order chi connectivity index (χ0) is 18.5. The topological polar surface area (TPSA) is 133 Å². The predicted octanol–water partition coefficient (Wildman–Crippen LogP) is -1.12. The molecule has 2 amide bonds. The van der Waals surface area contributed by atoms with Gasteiger partial charge in [-0.05, 0) is 39.8 Å². The van der Waals surface area contributed by atoms with Crippen molar-refractivity contribution in [3.8, 4) is 0 Å². The van der Waals surface area contributed by atoms with Crippen LogP contribution >= 0.6 is 0 Å². The highest BCUT2D eigenvalue weighted by molar-refractivity contribution is 5.74. The third-order valence-electron chi connectivity index (χ3n) is 3.59. The van der Waals surface area contributed by atoms with E-state index in [2.05, 4.69) is 0 Å². The minimum atomic E-state index is -0.458. The number of carbonyl (C=O) groups excluding carboxylic acids is 2. The molecular formula is C16H34N4O4. The molecule has 8 heteroatoms. The van der Waals surface area contributed by atoms with E-state index in [0.717, 1.165) is 25.9 Å². The van der Waals surface area contributed by atoms with Crippen molar-refractivity contribution in [1.29, 1.82) is 0 Å². The first-order valence-corrected chi connectivity index (χ1v) is 8.58. The fourth-order valence-corrected chi connectivity index (χ4v) is 2.54. The molecule has 142 valence electrons. The number of aliphatic hydroxyl groups excluding tert-OH is 2. The van der Waals surface area contributed by atoms with Crippen LogP contribution in [-0.4, -0.2) is 83.3 Å². The third kappa shape index (κ3) is 14.4. The molecule has 0 aliphatic rings. The van der Waals surface area contributed by atoms with Gasteiger partial charge in [0, 0.05) is 39.0 Å². The van der Waals surface area contributed by atoms with Crippen molar-refractivity contribution in [2.24, 2.45) is 11.5 Å². The number of primary amides is 2. The Hall–Kier alpha value is -1.22. The van der Waals surface area contributed by atoms with Gasteiger partial charge in [-0.15, -0.1) is 0 Å². The first-order valence-electron chi connectivity index (χ1n) is 8.58. The van der Waals surface area contributed by atoms with Crippen LogP contribution in [0.3, 0.4) is 0 Å². The molecule has 0 aromatic carbocycles. The zero-order valence-corrected chi connectivity index (χ0v) is 15.0. The van der Waals surface area contributed by atoms with Crippen LogP contribution in [0.4, 0.5) is 0 Å². The van der Waals surface area contributed by atoms with Gasteiger partial charge in [-0.2, -0.15) is 0 Å². The maximum atomic E-state index is 10.9. The average molecular weight is 346 g/mol. The summed E-state index contributed by atoms with van der Waals surface area (Å²) in [5, 5.41) is 19.0. The highest BCUT2D eigenvalue weighted by Gasteiger charge is 2.12. The molecule has 0 aromatic heterocycles. The summed E-state index contributed by atoms with van der Waals surface area (Å²) >= 11 is 0. The number of nitrogens with zero attached hydrogens (tertiary/aromatic N) is 2. The number of rotatable bonds is 15. The molecule has 0 fully saturated rings.